The van der Waals surface area contributed by atoms with Crippen molar-refractivity contribution in [3.05, 3.63) is 29.6 Å². The Kier molecular flexibility index (Phi) is 4.52. The molecule has 7 heteroatoms. The maximum absolute atomic E-state index is 13.0. The van der Waals surface area contributed by atoms with E-state index in [9.17, 15) is 22.4 Å². The first-order chi connectivity index (χ1) is 8.62. The monoisotopic (exact) mass is 278 g/mol. The molecule has 1 rings (SSSR count). The Morgan fingerprint density at radius 3 is 2.37 bits per heavy atom. The fourth-order valence-corrected chi connectivity index (χ4v) is 1.35. The highest BCUT2D eigenvalue weighted by molar-refractivity contribution is 5.94. The summed E-state index contributed by atoms with van der Waals surface area (Å²) in [6, 6.07) is 1.40. The number of hydrogen-bond donors (Lipinski definition) is 2. The second kappa shape index (κ2) is 5.56. The lowest BCUT2D eigenvalue weighted by Gasteiger charge is -2.16. The van der Waals surface area contributed by atoms with Crippen LogP contribution >= 0.6 is 0 Å². The Morgan fingerprint density at radius 2 is 1.89 bits per heavy atom. The summed E-state index contributed by atoms with van der Waals surface area (Å²) in [5.74, 6) is -2.17. The van der Waals surface area contributed by atoms with Gasteiger partial charge in [-0.05, 0) is 24.1 Å². The van der Waals surface area contributed by atoms with Gasteiger partial charge in [0.2, 0.25) is 5.91 Å². The normalized spacial score (nSPS) is 13.5. The highest BCUT2D eigenvalue weighted by Gasteiger charge is 2.34. The van der Waals surface area contributed by atoms with Crippen LogP contribution in [0.3, 0.4) is 0 Å². The van der Waals surface area contributed by atoms with E-state index in [-0.39, 0.29) is 11.6 Å². The number of nitrogens with two attached hydrogens (primary N) is 1. The molecule has 0 saturated carbocycles. The highest BCUT2D eigenvalue weighted by Crippen LogP contribution is 2.33. The van der Waals surface area contributed by atoms with Gasteiger partial charge in [0.1, 0.15) is 5.82 Å². The van der Waals surface area contributed by atoms with Crippen LogP contribution in [0.15, 0.2) is 18.2 Å². The molecule has 0 fully saturated rings. The standard InChI is InChI=1S/C12H14F4N2O/c1-6(2)10(17)11(19)18-7-3-4-9(13)8(5-7)12(14,15)16/h3-6,10H,17H2,1-2H3,(H,18,19). The lowest BCUT2D eigenvalue weighted by Crippen LogP contribution is -2.39. The summed E-state index contributed by atoms with van der Waals surface area (Å²) in [5.41, 5.74) is 3.98. The predicted molar refractivity (Wildman–Crippen MR) is 62.8 cm³/mol. The van der Waals surface area contributed by atoms with Crippen LogP contribution in [0.25, 0.3) is 0 Å². The number of halogens is 4. The number of anilines is 1. The molecule has 0 heterocycles. The van der Waals surface area contributed by atoms with Gasteiger partial charge in [0.15, 0.2) is 0 Å². The molecule has 19 heavy (non-hydrogen) atoms. The quantitative estimate of drug-likeness (QED) is 0.835. The van der Waals surface area contributed by atoms with Gasteiger partial charge in [0.05, 0.1) is 11.6 Å². The molecule has 0 aliphatic heterocycles. The van der Waals surface area contributed by atoms with Gasteiger partial charge in [0, 0.05) is 5.69 Å². The Hall–Kier alpha value is -1.63. The molecule has 106 valence electrons. The van der Waals surface area contributed by atoms with Crippen molar-refractivity contribution in [2.45, 2.75) is 26.1 Å². The van der Waals surface area contributed by atoms with Crippen molar-refractivity contribution in [3.63, 3.8) is 0 Å². The van der Waals surface area contributed by atoms with Crippen LogP contribution in [0.2, 0.25) is 0 Å². The summed E-state index contributed by atoms with van der Waals surface area (Å²) < 4.78 is 50.5. The molecule has 1 atom stereocenters. The van der Waals surface area contributed by atoms with Gasteiger partial charge in [-0.3, -0.25) is 4.79 Å². The van der Waals surface area contributed by atoms with E-state index in [1.54, 1.807) is 13.8 Å². The number of nitrogens with one attached hydrogen (secondary N) is 1. The Labute approximate surface area is 107 Å². The van der Waals surface area contributed by atoms with Crippen LogP contribution in [0.4, 0.5) is 23.2 Å². The molecule has 0 aliphatic rings. The SMILES string of the molecule is CC(C)C(N)C(=O)Nc1ccc(F)c(C(F)(F)F)c1. The smallest absolute Gasteiger partial charge is 0.325 e. The summed E-state index contributed by atoms with van der Waals surface area (Å²) >= 11 is 0. The lowest BCUT2D eigenvalue weighted by molar-refractivity contribution is -0.140. The first-order valence-corrected chi connectivity index (χ1v) is 5.56. The predicted octanol–water partition coefficient (Wildman–Crippen LogP) is 2.77. The van der Waals surface area contributed by atoms with Crippen molar-refractivity contribution >= 4 is 11.6 Å². The van der Waals surface area contributed by atoms with E-state index in [2.05, 4.69) is 5.32 Å². The third-order valence-corrected chi connectivity index (χ3v) is 2.56. The zero-order chi connectivity index (χ0) is 14.8. The van der Waals surface area contributed by atoms with Crippen LogP contribution in [0, 0.1) is 11.7 Å². The van der Waals surface area contributed by atoms with E-state index < -0.39 is 29.5 Å². The second-order valence-electron chi connectivity index (χ2n) is 4.45. The minimum Gasteiger partial charge on any atom is -0.325 e. The average Bonchev–Trinajstić information content (AvgIpc) is 2.28. The van der Waals surface area contributed by atoms with E-state index in [1.165, 1.54) is 0 Å². The highest BCUT2D eigenvalue weighted by atomic mass is 19.4. The zero-order valence-corrected chi connectivity index (χ0v) is 10.4. The molecule has 1 aromatic rings. The maximum atomic E-state index is 13.0. The first-order valence-electron chi connectivity index (χ1n) is 5.56. The Balaban J connectivity index is 2.95. The van der Waals surface area contributed by atoms with Crippen molar-refractivity contribution < 1.29 is 22.4 Å². The van der Waals surface area contributed by atoms with Crippen LogP contribution in [0.1, 0.15) is 19.4 Å². The number of amides is 1. The topological polar surface area (TPSA) is 55.1 Å². The van der Waals surface area contributed by atoms with Crippen molar-refractivity contribution in [3.8, 4) is 0 Å². The van der Waals surface area contributed by atoms with Crippen LogP contribution in [-0.4, -0.2) is 11.9 Å². The third kappa shape index (κ3) is 3.92. The molecular weight excluding hydrogens is 264 g/mol. The maximum Gasteiger partial charge on any atom is 0.419 e. The fraction of sp³-hybridized carbons (Fsp3) is 0.417. The van der Waals surface area contributed by atoms with E-state index in [1.807, 2.05) is 0 Å². The first kappa shape index (κ1) is 15.4. The second-order valence-corrected chi connectivity index (χ2v) is 4.45. The van der Waals surface area contributed by atoms with Crippen molar-refractivity contribution in [1.82, 2.24) is 0 Å². The molecule has 0 radical (unpaired) electrons. The number of carbonyl (C=O) groups excluding carboxylic acids is 1. The third-order valence-electron chi connectivity index (χ3n) is 2.56. The molecule has 0 spiro atoms. The summed E-state index contributed by atoms with van der Waals surface area (Å²) in [7, 11) is 0. The van der Waals surface area contributed by atoms with E-state index in [0.29, 0.717) is 12.1 Å². The van der Waals surface area contributed by atoms with Gasteiger partial charge in [0.25, 0.3) is 0 Å². The molecule has 0 aromatic heterocycles. The number of benzene rings is 1. The van der Waals surface area contributed by atoms with Gasteiger partial charge in [-0.15, -0.1) is 0 Å². The Morgan fingerprint density at radius 1 is 1.32 bits per heavy atom. The summed E-state index contributed by atoms with van der Waals surface area (Å²) in [4.78, 5) is 11.6. The molecule has 1 amide bonds. The van der Waals surface area contributed by atoms with Gasteiger partial charge in [-0.1, -0.05) is 13.8 Å². The molecule has 1 unspecified atom stereocenters. The minimum absolute atomic E-state index is 0.144. The number of rotatable bonds is 3. The Bertz CT molecular complexity index is 471. The number of hydrogen-bond acceptors (Lipinski definition) is 2. The number of alkyl halides is 3. The summed E-state index contributed by atoms with van der Waals surface area (Å²) in [6.07, 6.45) is -4.81. The van der Waals surface area contributed by atoms with Crippen LogP contribution in [0.5, 0.6) is 0 Å². The van der Waals surface area contributed by atoms with Gasteiger partial charge < -0.3 is 11.1 Å². The van der Waals surface area contributed by atoms with E-state index >= 15 is 0 Å². The molecule has 0 bridgehead atoms. The molecule has 0 saturated heterocycles. The molecule has 1 aromatic carbocycles. The lowest BCUT2D eigenvalue weighted by atomic mass is 10.0. The van der Waals surface area contributed by atoms with Crippen LogP contribution < -0.4 is 11.1 Å². The molecule has 3 nitrogen and oxygen atoms in total. The van der Waals surface area contributed by atoms with Crippen molar-refractivity contribution in [2.24, 2.45) is 11.7 Å². The zero-order valence-electron chi connectivity index (χ0n) is 10.4. The molecule has 3 N–H and O–H groups in total. The van der Waals surface area contributed by atoms with Gasteiger partial charge in [-0.2, -0.15) is 13.2 Å². The summed E-state index contributed by atoms with van der Waals surface area (Å²) in [6.45, 7) is 3.41. The summed E-state index contributed by atoms with van der Waals surface area (Å²) in [5, 5.41) is 2.23. The fourth-order valence-electron chi connectivity index (χ4n) is 1.35. The van der Waals surface area contributed by atoms with Crippen molar-refractivity contribution in [1.29, 1.82) is 0 Å². The average molecular weight is 278 g/mol. The molecular formula is C12H14F4N2O. The minimum atomic E-state index is -4.81. The van der Waals surface area contributed by atoms with E-state index in [0.717, 1.165) is 6.07 Å². The number of carbonyl (C=O) groups is 1. The van der Waals surface area contributed by atoms with Gasteiger partial charge >= 0.3 is 6.18 Å². The molecule has 0 aliphatic carbocycles. The van der Waals surface area contributed by atoms with Crippen molar-refractivity contribution in [2.75, 3.05) is 5.32 Å². The largest absolute Gasteiger partial charge is 0.419 e. The van der Waals surface area contributed by atoms with E-state index in [4.69, 9.17) is 5.73 Å². The van der Waals surface area contributed by atoms with Gasteiger partial charge in [-0.25, -0.2) is 4.39 Å². The van der Waals surface area contributed by atoms with Crippen LogP contribution in [-0.2, 0) is 11.0 Å².